The Morgan fingerprint density at radius 3 is 2.27 bits per heavy atom. The first kappa shape index (κ1) is 13.4. The van der Waals surface area contributed by atoms with Gasteiger partial charge in [-0.15, -0.1) is 11.6 Å². The molecule has 0 radical (unpaired) electrons. The second-order valence-electron chi connectivity index (χ2n) is 5.12. The highest BCUT2D eigenvalue weighted by molar-refractivity contribution is 6.20. The van der Waals surface area contributed by atoms with E-state index < -0.39 is 0 Å². The van der Waals surface area contributed by atoms with Gasteiger partial charge in [0.15, 0.2) is 0 Å². The van der Waals surface area contributed by atoms with E-state index >= 15 is 0 Å². The predicted octanol–water partition coefficient (Wildman–Crippen LogP) is 5.53. The van der Waals surface area contributed by atoms with Crippen molar-refractivity contribution in [3.05, 3.63) is 0 Å². The summed E-state index contributed by atoms with van der Waals surface area (Å²) in [7, 11) is 0. The molecule has 0 nitrogen and oxygen atoms in total. The molecule has 15 heavy (non-hydrogen) atoms. The van der Waals surface area contributed by atoms with Crippen LogP contribution >= 0.6 is 11.6 Å². The Bertz CT molecular complexity index is 138. The number of alkyl halides is 1. The fraction of sp³-hybridized carbons (Fsp3) is 1.00. The summed E-state index contributed by atoms with van der Waals surface area (Å²) in [5.74, 6) is 0.849. The van der Waals surface area contributed by atoms with Crippen LogP contribution in [0.2, 0.25) is 0 Å². The van der Waals surface area contributed by atoms with Crippen molar-refractivity contribution in [2.75, 3.05) is 0 Å². The molecule has 90 valence electrons. The van der Waals surface area contributed by atoms with Crippen LogP contribution in [0.4, 0.5) is 0 Å². The van der Waals surface area contributed by atoms with Gasteiger partial charge in [-0.3, -0.25) is 0 Å². The third kappa shape index (κ3) is 5.80. The minimum atomic E-state index is 0.485. The van der Waals surface area contributed by atoms with Crippen LogP contribution in [0.25, 0.3) is 0 Å². The topological polar surface area (TPSA) is 0 Å². The van der Waals surface area contributed by atoms with E-state index in [1.54, 1.807) is 0 Å². The molecule has 0 aliphatic heterocycles. The number of hydrogen-bond acceptors (Lipinski definition) is 0. The molecule has 0 N–H and O–H groups in total. The zero-order valence-electron chi connectivity index (χ0n) is 10.3. The summed E-state index contributed by atoms with van der Waals surface area (Å²) < 4.78 is 0. The molecular formula is C14H27Cl. The van der Waals surface area contributed by atoms with Gasteiger partial charge in [0.2, 0.25) is 0 Å². The summed E-state index contributed by atoms with van der Waals surface area (Å²) in [5, 5.41) is 0.485. The first-order valence-corrected chi connectivity index (χ1v) is 7.42. The Hall–Kier alpha value is 0.290. The lowest BCUT2D eigenvalue weighted by molar-refractivity contribution is 0.469. The van der Waals surface area contributed by atoms with Gasteiger partial charge in [-0.05, 0) is 25.2 Å². The minimum absolute atomic E-state index is 0.485. The molecule has 1 fully saturated rings. The van der Waals surface area contributed by atoms with E-state index in [4.69, 9.17) is 11.6 Å². The van der Waals surface area contributed by atoms with E-state index in [1.165, 1.54) is 70.6 Å². The molecule has 0 spiro atoms. The summed E-state index contributed by atoms with van der Waals surface area (Å²) in [4.78, 5) is 0. The van der Waals surface area contributed by atoms with Gasteiger partial charge in [0.1, 0.15) is 0 Å². The molecule has 0 heterocycles. The molecule has 1 rings (SSSR count). The highest BCUT2D eigenvalue weighted by atomic mass is 35.5. The first-order chi connectivity index (χ1) is 7.34. The molecule has 0 amide bonds. The van der Waals surface area contributed by atoms with Gasteiger partial charge in [0.05, 0.1) is 0 Å². The van der Waals surface area contributed by atoms with Crippen molar-refractivity contribution in [1.29, 1.82) is 0 Å². The SMILES string of the molecule is CCCCCCCCC(Cl)C1CCCC1. The maximum Gasteiger partial charge on any atom is 0.0364 e. The standard InChI is InChI=1S/C14H27Cl/c1-2-3-4-5-6-7-12-14(15)13-10-8-9-11-13/h13-14H,2-12H2,1H3. The highest BCUT2D eigenvalue weighted by Gasteiger charge is 2.22. The van der Waals surface area contributed by atoms with E-state index in [1.807, 2.05) is 0 Å². The molecule has 0 aromatic heterocycles. The molecule has 1 atom stereocenters. The quantitative estimate of drug-likeness (QED) is 0.380. The van der Waals surface area contributed by atoms with Gasteiger partial charge in [0, 0.05) is 5.38 Å². The van der Waals surface area contributed by atoms with Crippen LogP contribution in [0.1, 0.15) is 77.6 Å². The fourth-order valence-corrected chi connectivity index (χ4v) is 3.08. The molecule has 0 bridgehead atoms. The third-order valence-electron chi connectivity index (χ3n) is 3.74. The van der Waals surface area contributed by atoms with Gasteiger partial charge in [-0.1, -0.05) is 58.3 Å². The van der Waals surface area contributed by atoms with Crippen LogP contribution in [-0.4, -0.2) is 5.38 Å². The highest BCUT2D eigenvalue weighted by Crippen LogP contribution is 2.32. The van der Waals surface area contributed by atoms with Gasteiger partial charge >= 0.3 is 0 Å². The van der Waals surface area contributed by atoms with Gasteiger partial charge in [-0.2, -0.15) is 0 Å². The van der Waals surface area contributed by atoms with Crippen molar-refractivity contribution in [3.8, 4) is 0 Å². The van der Waals surface area contributed by atoms with Gasteiger partial charge in [-0.25, -0.2) is 0 Å². The maximum absolute atomic E-state index is 6.43. The second kappa shape index (κ2) is 8.44. The molecule has 1 aliphatic carbocycles. The van der Waals surface area contributed by atoms with Crippen molar-refractivity contribution in [2.45, 2.75) is 82.9 Å². The van der Waals surface area contributed by atoms with E-state index in [0.717, 1.165) is 5.92 Å². The third-order valence-corrected chi connectivity index (χ3v) is 4.32. The Labute approximate surface area is 101 Å². The van der Waals surface area contributed by atoms with Crippen molar-refractivity contribution >= 4 is 11.6 Å². The Morgan fingerprint density at radius 2 is 1.60 bits per heavy atom. The Morgan fingerprint density at radius 1 is 1.00 bits per heavy atom. The summed E-state index contributed by atoms with van der Waals surface area (Å²) in [6, 6.07) is 0. The smallest absolute Gasteiger partial charge is 0.0364 e. The van der Waals surface area contributed by atoms with Crippen molar-refractivity contribution in [3.63, 3.8) is 0 Å². The zero-order chi connectivity index (χ0) is 10.9. The average molecular weight is 231 g/mol. The van der Waals surface area contributed by atoms with Crippen LogP contribution in [0, 0.1) is 5.92 Å². The monoisotopic (exact) mass is 230 g/mol. The molecule has 1 aliphatic rings. The molecule has 1 unspecified atom stereocenters. The lowest BCUT2D eigenvalue weighted by Gasteiger charge is -2.16. The van der Waals surface area contributed by atoms with E-state index in [-0.39, 0.29) is 0 Å². The lowest BCUT2D eigenvalue weighted by atomic mass is 9.98. The summed E-state index contributed by atoms with van der Waals surface area (Å²) in [5.41, 5.74) is 0. The Balaban J connectivity index is 1.90. The predicted molar refractivity (Wildman–Crippen MR) is 69.6 cm³/mol. The molecular weight excluding hydrogens is 204 g/mol. The maximum atomic E-state index is 6.43. The van der Waals surface area contributed by atoms with Crippen LogP contribution in [0.15, 0.2) is 0 Å². The molecule has 0 aromatic rings. The van der Waals surface area contributed by atoms with E-state index in [9.17, 15) is 0 Å². The molecule has 0 saturated heterocycles. The van der Waals surface area contributed by atoms with Gasteiger partial charge in [0.25, 0.3) is 0 Å². The van der Waals surface area contributed by atoms with Crippen LogP contribution in [0.3, 0.4) is 0 Å². The normalized spacial score (nSPS) is 19.6. The number of rotatable bonds is 8. The molecule has 1 heteroatoms. The number of halogens is 1. The van der Waals surface area contributed by atoms with Gasteiger partial charge < -0.3 is 0 Å². The van der Waals surface area contributed by atoms with Crippen molar-refractivity contribution in [1.82, 2.24) is 0 Å². The zero-order valence-corrected chi connectivity index (χ0v) is 11.1. The van der Waals surface area contributed by atoms with E-state index in [0.29, 0.717) is 5.38 Å². The average Bonchev–Trinajstić information content (AvgIpc) is 2.76. The fourth-order valence-electron chi connectivity index (χ4n) is 2.67. The first-order valence-electron chi connectivity index (χ1n) is 6.98. The minimum Gasteiger partial charge on any atom is -0.123 e. The largest absolute Gasteiger partial charge is 0.123 e. The summed E-state index contributed by atoms with van der Waals surface area (Å²) >= 11 is 6.43. The van der Waals surface area contributed by atoms with Crippen LogP contribution in [0.5, 0.6) is 0 Å². The summed E-state index contributed by atoms with van der Waals surface area (Å²) in [6.07, 6.45) is 15.2. The number of hydrogen-bond donors (Lipinski definition) is 0. The second-order valence-corrected chi connectivity index (χ2v) is 5.68. The van der Waals surface area contributed by atoms with E-state index in [2.05, 4.69) is 6.92 Å². The molecule has 1 saturated carbocycles. The molecule has 0 aromatic carbocycles. The van der Waals surface area contributed by atoms with Crippen molar-refractivity contribution < 1.29 is 0 Å². The lowest BCUT2D eigenvalue weighted by Crippen LogP contribution is -2.10. The Kier molecular flexibility index (Phi) is 7.52. The number of unbranched alkanes of at least 4 members (excludes halogenated alkanes) is 5. The van der Waals surface area contributed by atoms with Crippen LogP contribution in [-0.2, 0) is 0 Å². The van der Waals surface area contributed by atoms with Crippen LogP contribution < -0.4 is 0 Å². The van der Waals surface area contributed by atoms with Crippen molar-refractivity contribution in [2.24, 2.45) is 5.92 Å². The summed E-state index contributed by atoms with van der Waals surface area (Å²) in [6.45, 7) is 2.27.